The lowest BCUT2D eigenvalue weighted by atomic mass is 9.97. The van der Waals surface area contributed by atoms with Crippen molar-refractivity contribution in [2.75, 3.05) is 26.3 Å². The summed E-state index contributed by atoms with van der Waals surface area (Å²) in [6.07, 6.45) is 3.10. The maximum Gasteiger partial charge on any atom is 0.122 e. The molecular weight excluding hydrogens is 450 g/mol. The fraction of sp³-hybridized carbons (Fsp3) is 0.533. The Labute approximate surface area is 217 Å². The van der Waals surface area contributed by atoms with Crippen molar-refractivity contribution < 1.29 is 14.9 Å². The molecule has 6 nitrogen and oxygen atoms in total. The summed E-state index contributed by atoms with van der Waals surface area (Å²) < 4.78 is 5.68. The molecule has 3 unspecified atom stereocenters. The van der Waals surface area contributed by atoms with Crippen molar-refractivity contribution in [2.45, 2.75) is 78.4 Å². The number of rotatable bonds is 13. The van der Waals surface area contributed by atoms with Gasteiger partial charge in [-0.1, -0.05) is 50.8 Å². The molecule has 2 aromatic rings. The van der Waals surface area contributed by atoms with E-state index in [9.17, 15) is 5.11 Å². The molecule has 0 amide bonds. The molecule has 0 aliphatic carbocycles. The predicted octanol–water partition coefficient (Wildman–Crippen LogP) is 4.15. The van der Waals surface area contributed by atoms with Crippen LogP contribution in [0.4, 0.5) is 0 Å². The van der Waals surface area contributed by atoms with Gasteiger partial charge in [-0.3, -0.25) is 10.2 Å². The Bertz CT molecular complexity index is 993. The number of aliphatic hydroxyl groups excluding tert-OH is 2. The molecule has 0 saturated carbocycles. The van der Waals surface area contributed by atoms with Gasteiger partial charge < -0.3 is 20.3 Å². The van der Waals surface area contributed by atoms with Gasteiger partial charge in [-0.2, -0.15) is 0 Å². The van der Waals surface area contributed by atoms with E-state index in [0.29, 0.717) is 13.0 Å². The van der Waals surface area contributed by atoms with E-state index in [-0.39, 0.29) is 18.8 Å². The molecule has 1 heterocycles. The highest BCUT2D eigenvalue weighted by atomic mass is 16.5. The maximum atomic E-state index is 10.8. The van der Waals surface area contributed by atoms with Crippen LogP contribution >= 0.6 is 0 Å². The monoisotopic (exact) mass is 495 g/mol. The number of hydrogen-bond acceptors (Lipinski definition) is 6. The van der Waals surface area contributed by atoms with Crippen LogP contribution in [0.1, 0.15) is 60.9 Å². The summed E-state index contributed by atoms with van der Waals surface area (Å²) in [5.41, 5.74) is 7.07. The van der Waals surface area contributed by atoms with Crippen molar-refractivity contribution >= 4 is 5.57 Å². The number of allylic oxidation sites excluding steroid dienone is 1. The summed E-state index contributed by atoms with van der Waals surface area (Å²) in [4.78, 5) is 2.50. The van der Waals surface area contributed by atoms with E-state index in [1.54, 1.807) is 0 Å². The maximum absolute atomic E-state index is 10.8. The zero-order chi connectivity index (χ0) is 26.1. The average Bonchev–Trinajstić information content (AvgIpc) is 2.87. The van der Waals surface area contributed by atoms with Crippen LogP contribution in [0.3, 0.4) is 0 Å². The second-order valence-electron chi connectivity index (χ2n) is 9.85. The van der Waals surface area contributed by atoms with Crippen LogP contribution in [0, 0.1) is 13.8 Å². The first-order valence-corrected chi connectivity index (χ1v) is 13.4. The molecule has 3 atom stereocenters. The summed E-state index contributed by atoms with van der Waals surface area (Å²) in [5, 5.41) is 27.0. The minimum Gasteiger partial charge on any atom is -0.491 e. The summed E-state index contributed by atoms with van der Waals surface area (Å²) >= 11 is 0. The highest BCUT2D eigenvalue weighted by Gasteiger charge is 2.29. The Morgan fingerprint density at radius 3 is 2.72 bits per heavy atom. The topological polar surface area (TPSA) is 77.0 Å². The smallest absolute Gasteiger partial charge is 0.122 e. The third-order valence-corrected chi connectivity index (χ3v) is 7.34. The predicted molar refractivity (Wildman–Crippen MR) is 148 cm³/mol. The standard InChI is InChI=1S/C30H45N3O3/c1-6-21(3)25-10-8-9-24(17-25)18-30(35)32-27-13-14-33(29(19-27)31-7-2)20-26-11-12-28(36-16-15-34)23(5)22(26)4/h8-12,17,27,29-32,34-35H,3,6-7,13-16,18-20H2,1-2,4-5H3. The second-order valence-corrected chi connectivity index (χ2v) is 9.85. The summed E-state index contributed by atoms with van der Waals surface area (Å²) in [6, 6.07) is 12.8. The zero-order valence-electron chi connectivity index (χ0n) is 22.5. The lowest BCUT2D eigenvalue weighted by molar-refractivity contribution is 0.0593. The van der Waals surface area contributed by atoms with Crippen molar-refractivity contribution in [3.05, 3.63) is 70.8 Å². The summed E-state index contributed by atoms with van der Waals surface area (Å²) in [5.74, 6) is 0.843. The van der Waals surface area contributed by atoms with E-state index >= 15 is 0 Å². The number of aliphatic hydroxyl groups is 2. The highest BCUT2D eigenvalue weighted by Crippen LogP contribution is 2.27. The molecule has 1 fully saturated rings. The second kappa shape index (κ2) is 13.9. The molecule has 0 aromatic heterocycles. The van der Waals surface area contributed by atoms with Gasteiger partial charge in [0.25, 0.3) is 0 Å². The number of nitrogens with one attached hydrogen (secondary N) is 2. The molecule has 0 spiro atoms. The van der Waals surface area contributed by atoms with Crippen molar-refractivity contribution in [3.63, 3.8) is 0 Å². The van der Waals surface area contributed by atoms with Crippen LogP contribution in [0.15, 0.2) is 43.0 Å². The Morgan fingerprint density at radius 2 is 2.00 bits per heavy atom. The van der Waals surface area contributed by atoms with Crippen LogP contribution in [0.5, 0.6) is 5.75 Å². The number of ether oxygens (including phenoxy) is 1. The van der Waals surface area contributed by atoms with Gasteiger partial charge in [0.05, 0.1) is 12.8 Å². The highest BCUT2D eigenvalue weighted by molar-refractivity contribution is 5.63. The Balaban J connectivity index is 1.59. The summed E-state index contributed by atoms with van der Waals surface area (Å²) in [7, 11) is 0. The molecule has 198 valence electrons. The van der Waals surface area contributed by atoms with Crippen LogP contribution in [-0.2, 0) is 13.0 Å². The van der Waals surface area contributed by atoms with E-state index in [4.69, 9.17) is 9.84 Å². The van der Waals surface area contributed by atoms with Gasteiger partial charge in [-0.15, -0.1) is 0 Å². The number of piperidine rings is 1. The van der Waals surface area contributed by atoms with Gasteiger partial charge in [-0.25, -0.2) is 0 Å². The number of benzene rings is 2. The van der Waals surface area contributed by atoms with Crippen molar-refractivity contribution in [1.82, 2.24) is 15.5 Å². The molecule has 0 bridgehead atoms. The third-order valence-electron chi connectivity index (χ3n) is 7.34. The van der Waals surface area contributed by atoms with E-state index in [1.807, 2.05) is 12.1 Å². The van der Waals surface area contributed by atoms with Gasteiger partial charge in [0, 0.05) is 25.6 Å². The third kappa shape index (κ3) is 7.64. The molecule has 3 rings (SSSR count). The van der Waals surface area contributed by atoms with Crippen LogP contribution < -0.4 is 15.4 Å². The zero-order valence-corrected chi connectivity index (χ0v) is 22.5. The van der Waals surface area contributed by atoms with Gasteiger partial charge >= 0.3 is 0 Å². The van der Waals surface area contributed by atoms with E-state index in [2.05, 4.69) is 74.1 Å². The van der Waals surface area contributed by atoms with Gasteiger partial charge in [0.1, 0.15) is 18.6 Å². The molecule has 0 radical (unpaired) electrons. The summed E-state index contributed by atoms with van der Waals surface area (Å²) in [6.45, 7) is 15.7. The molecule has 4 N–H and O–H groups in total. The average molecular weight is 496 g/mol. The lowest BCUT2D eigenvalue weighted by Gasteiger charge is -2.41. The number of nitrogens with zero attached hydrogens (tertiary/aromatic N) is 1. The first-order valence-electron chi connectivity index (χ1n) is 13.4. The minimum absolute atomic E-state index is 0.0171. The molecule has 6 heteroatoms. The first-order chi connectivity index (χ1) is 17.4. The Kier molecular flexibility index (Phi) is 11.0. The molecule has 36 heavy (non-hydrogen) atoms. The van der Waals surface area contributed by atoms with Crippen LogP contribution in [-0.4, -0.2) is 59.9 Å². The molecule has 1 aliphatic heterocycles. The van der Waals surface area contributed by atoms with E-state index in [1.165, 1.54) is 11.1 Å². The molecular formula is C30H45N3O3. The fourth-order valence-electron chi connectivity index (χ4n) is 5.03. The van der Waals surface area contributed by atoms with Crippen molar-refractivity contribution in [2.24, 2.45) is 0 Å². The number of hydrogen-bond donors (Lipinski definition) is 4. The largest absolute Gasteiger partial charge is 0.491 e. The quantitative estimate of drug-likeness (QED) is 0.313. The van der Waals surface area contributed by atoms with Crippen LogP contribution in [0.2, 0.25) is 0 Å². The normalized spacial score (nSPS) is 19.3. The van der Waals surface area contributed by atoms with Gasteiger partial charge in [0.15, 0.2) is 0 Å². The van der Waals surface area contributed by atoms with Crippen molar-refractivity contribution in [3.8, 4) is 5.75 Å². The Morgan fingerprint density at radius 1 is 1.19 bits per heavy atom. The minimum atomic E-state index is -0.578. The van der Waals surface area contributed by atoms with Crippen molar-refractivity contribution in [1.29, 1.82) is 0 Å². The van der Waals surface area contributed by atoms with Gasteiger partial charge in [0.2, 0.25) is 0 Å². The van der Waals surface area contributed by atoms with E-state index < -0.39 is 6.23 Å². The van der Waals surface area contributed by atoms with E-state index in [0.717, 1.165) is 66.9 Å². The molecule has 1 saturated heterocycles. The first kappa shape index (κ1) is 28.4. The Hall–Kier alpha value is -2.22. The number of likely N-dealkylation sites (tertiary alicyclic amines) is 1. The molecule has 1 aliphatic rings. The SMILES string of the molecule is C=C(CC)c1cccc(CC(O)NC2CCN(Cc3ccc(OCCO)c(C)c3C)C(NCC)C2)c1. The van der Waals surface area contributed by atoms with Crippen LogP contribution in [0.25, 0.3) is 5.57 Å². The fourth-order valence-corrected chi connectivity index (χ4v) is 5.03. The van der Waals surface area contributed by atoms with Gasteiger partial charge in [-0.05, 0) is 79.1 Å². The molecule has 2 aromatic carbocycles. The lowest BCUT2D eigenvalue weighted by Crippen LogP contribution is -2.55.